The Labute approximate surface area is 76.1 Å². The molecule has 4 unspecified atom stereocenters. The van der Waals surface area contributed by atoms with Crippen molar-refractivity contribution in [3.8, 4) is 0 Å². The van der Waals surface area contributed by atoms with E-state index in [0.717, 1.165) is 23.7 Å². The van der Waals surface area contributed by atoms with Crippen LogP contribution < -0.4 is 0 Å². The van der Waals surface area contributed by atoms with E-state index < -0.39 is 0 Å². The van der Waals surface area contributed by atoms with Gasteiger partial charge in [0.15, 0.2) is 0 Å². The minimum atomic E-state index is 0.939. The molecular formula is C12H20. The van der Waals surface area contributed by atoms with Gasteiger partial charge in [-0.15, -0.1) is 0 Å². The topological polar surface area (TPSA) is 0 Å². The zero-order valence-corrected chi connectivity index (χ0v) is 8.51. The van der Waals surface area contributed by atoms with Crippen LogP contribution in [0.1, 0.15) is 40.0 Å². The van der Waals surface area contributed by atoms with Crippen molar-refractivity contribution in [2.45, 2.75) is 40.0 Å². The average molecular weight is 164 g/mol. The van der Waals surface area contributed by atoms with Gasteiger partial charge in [-0.3, -0.25) is 0 Å². The van der Waals surface area contributed by atoms with Gasteiger partial charge < -0.3 is 0 Å². The maximum atomic E-state index is 2.48. The van der Waals surface area contributed by atoms with E-state index in [0.29, 0.717) is 0 Å². The van der Waals surface area contributed by atoms with E-state index in [1.54, 1.807) is 5.57 Å². The van der Waals surface area contributed by atoms with Crippen molar-refractivity contribution in [3.63, 3.8) is 0 Å². The summed E-state index contributed by atoms with van der Waals surface area (Å²) >= 11 is 0. The number of hydrogen-bond acceptors (Lipinski definition) is 0. The highest BCUT2D eigenvalue weighted by atomic mass is 14.5. The lowest BCUT2D eigenvalue weighted by molar-refractivity contribution is 0.226. The molecule has 0 bridgehead atoms. The van der Waals surface area contributed by atoms with Gasteiger partial charge in [-0.1, -0.05) is 45.3 Å². The zero-order valence-electron chi connectivity index (χ0n) is 8.51. The second-order valence-electron chi connectivity index (χ2n) is 4.77. The second-order valence-corrected chi connectivity index (χ2v) is 4.77. The Balaban J connectivity index is 1.73. The molecule has 2 rings (SSSR count). The Hall–Kier alpha value is -0.260. The van der Waals surface area contributed by atoms with Gasteiger partial charge in [-0.2, -0.15) is 0 Å². The Morgan fingerprint density at radius 3 is 2.75 bits per heavy atom. The maximum Gasteiger partial charge on any atom is 0.00167 e. The summed E-state index contributed by atoms with van der Waals surface area (Å²) < 4.78 is 0. The Kier molecular flexibility index (Phi) is 2.02. The number of rotatable bonds is 4. The van der Waals surface area contributed by atoms with Gasteiger partial charge in [0, 0.05) is 5.92 Å². The minimum absolute atomic E-state index is 0.939. The van der Waals surface area contributed by atoms with Gasteiger partial charge in [-0.25, -0.2) is 0 Å². The van der Waals surface area contributed by atoms with Crippen LogP contribution in [0.4, 0.5) is 0 Å². The fraction of sp³-hybridized carbons (Fsp3) is 0.833. The summed E-state index contributed by atoms with van der Waals surface area (Å²) in [5.74, 6) is 3.90. The lowest BCUT2D eigenvalue weighted by Gasteiger charge is -2.35. The fourth-order valence-electron chi connectivity index (χ4n) is 2.85. The predicted octanol–water partition coefficient (Wildman–Crippen LogP) is 3.63. The molecule has 2 aliphatic carbocycles. The molecule has 4 atom stereocenters. The van der Waals surface area contributed by atoms with E-state index >= 15 is 0 Å². The Bertz CT molecular complexity index is 202. The molecule has 0 heteroatoms. The van der Waals surface area contributed by atoms with Gasteiger partial charge in [0.05, 0.1) is 0 Å². The Morgan fingerprint density at radius 2 is 2.25 bits per heavy atom. The molecule has 0 radical (unpaired) electrons. The molecule has 0 nitrogen and oxygen atoms in total. The summed E-state index contributed by atoms with van der Waals surface area (Å²) in [4.78, 5) is 0. The lowest BCUT2D eigenvalue weighted by Crippen LogP contribution is -2.27. The first-order valence-corrected chi connectivity index (χ1v) is 5.45. The van der Waals surface area contributed by atoms with Gasteiger partial charge in [0.1, 0.15) is 0 Å². The molecule has 0 saturated heterocycles. The molecule has 0 amide bonds. The molecule has 0 heterocycles. The Morgan fingerprint density at radius 1 is 1.50 bits per heavy atom. The molecule has 1 fully saturated rings. The largest absolute Gasteiger partial charge is 0.0769 e. The first kappa shape index (κ1) is 8.34. The van der Waals surface area contributed by atoms with Crippen molar-refractivity contribution in [2.75, 3.05) is 0 Å². The van der Waals surface area contributed by atoms with Gasteiger partial charge in [0.25, 0.3) is 0 Å². The third-order valence-electron chi connectivity index (χ3n) is 3.73. The first-order valence-electron chi connectivity index (χ1n) is 5.45. The molecule has 0 N–H and O–H groups in total. The summed E-state index contributed by atoms with van der Waals surface area (Å²) in [5.41, 5.74) is 1.77. The summed E-state index contributed by atoms with van der Waals surface area (Å²) in [5, 5.41) is 0. The predicted molar refractivity (Wildman–Crippen MR) is 52.9 cm³/mol. The fourth-order valence-corrected chi connectivity index (χ4v) is 2.85. The maximum absolute atomic E-state index is 2.48. The summed E-state index contributed by atoms with van der Waals surface area (Å²) in [7, 11) is 0. The zero-order chi connectivity index (χ0) is 8.72. The third-order valence-corrected chi connectivity index (χ3v) is 3.73. The van der Waals surface area contributed by atoms with Crippen LogP contribution in [0.25, 0.3) is 0 Å². The molecule has 0 aromatic rings. The molecule has 68 valence electrons. The molecule has 1 saturated carbocycles. The number of hydrogen-bond donors (Lipinski definition) is 0. The molecular weight excluding hydrogens is 144 g/mol. The SMILES string of the molecule is CCCC(C)CC1C(C)C2=CC21. The van der Waals surface area contributed by atoms with Crippen molar-refractivity contribution < 1.29 is 0 Å². The lowest BCUT2D eigenvalue weighted by atomic mass is 9.70. The minimum Gasteiger partial charge on any atom is -0.0769 e. The quantitative estimate of drug-likeness (QED) is 0.556. The monoisotopic (exact) mass is 164 g/mol. The van der Waals surface area contributed by atoms with Gasteiger partial charge in [-0.05, 0) is 24.2 Å². The van der Waals surface area contributed by atoms with Crippen LogP contribution in [0.15, 0.2) is 11.6 Å². The van der Waals surface area contributed by atoms with Crippen LogP contribution in [0.3, 0.4) is 0 Å². The van der Waals surface area contributed by atoms with E-state index in [-0.39, 0.29) is 0 Å². The van der Waals surface area contributed by atoms with E-state index in [4.69, 9.17) is 0 Å². The standard InChI is InChI=1S/C12H20/c1-4-5-8(2)6-10-9(3)11-7-12(10)11/h7-10,12H,4-6H2,1-3H3. The van der Waals surface area contributed by atoms with Crippen molar-refractivity contribution >= 4 is 0 Å². The normalized spacial score (nSPS) is 39.6. The van der Waals surface area contributed by atoms with Crippen LogP contribution in [0.5, 0.6) is 0 Å². The molecule has 12 heavy (non-hydrogen) atoms. The van der Waals surface area contributed by atoms with Crippen LogP contribution in [-0.2, 0) is 0 Å². The van der Waals surface area contributed by atoms with Crippen LogP contribution in [-0.4, -0.2) is 0 Å². The molecule has 0 aliphatic heterocycles. The van der Waals surface area contributed by atoms with E-state index in [2.05, 4.69) is 26.8 Å². The average Bonchev–Trinajstić information content (AvgIpc) is 2.76. The van der Waals surface area contributed by atoms with Gasteiger partial charge >= 0.3 is 0 Å². The van der Waals surface area contributed by atoms with E-state index in [1.807, 2.05) is 0 Å². The first-order chi connectivity index (χ1) is 5.74. The highest BCUT2D eigenvalue weighted by Crippen LogP contribution is 2.59. The van der Waals surface area contributed by atoms with E-state index in [1.165, 1.54) is 19.3 Å². The highest BCUT2D eigenvalue weighted by Gasteiger charge is 2.49. The summed E-state index contributed by atoms with van der Waals surface area (Å²) in [6.07, 6.45) is 6.73. The van der Waals surface area contributed by atoms with Crippen molar-refractivity contribution in [1.29, 1.82) is 0 Å². The van der Waals surface area contributed by atoms with Crippen LogP contribution >= 0.6 is 0 Å². The smallest absolute Gasteiger partial charge is 0.00167 e. The summed E-state index contributed by atoms with van der Waals surface area (Å²) in [6, 6.07) is 0. The molecule has 0 aromatic carbocycles. The highest BCUT2D eigenvalue weighted by molar-refractivity contribution is 5.42. The second kappa shape index (κ2) is 2.90. The summed E-state index contributed by atoms with van der Waals surface area (Å²) in [6.45, 7) is 7.11. The van der Waals surface area contributed by atoms with Crippen LogP contribution in [0.2, 0.25) is 0 Å². The third kappa shape index (κ3) is 1.22. The van der Waals surface area contributed by atoms with Crippen molar-refractivity contribution in [2.24, 2.45) is 23.7 Å². The number of fused-ring (bicyclic) bond motifs is 1. The van der Waals surface area contributed by atoms with Crippen molar-refractivity contribution in [3.05, 3.63) is 11.6 Å². The molecule has 0 aromatic heterocycles. The molecule has 2 aliphatic rings. The van der Waals surface area contributed by atoms with Gasteiger partial charge in [0.2, 0.25) is 0 Å². The van der Waals surface area contributed by atoms with Crippen LogP contribution in [0, 0.1) is 23.7 Å². The van der Waals surface area contributed by atoms with Crippen molar-refractivity contribution in [1.82, 2.24) is 0 Å². The molecule has 0 spiro atoms. The number of allylic oxidation sites excluding steroid dienone is 2. The van der Waals surface area contributed by atoms with E-state index in [9.17, 15) is 0 Å².